The van der Waals surface area contributed by atoms with Crippen LogP contribution >= 0.6 is 0 Å². The fourth-order valence-corrected chi connectivity index (χ4v) is 1.86. The lowest BCUT2D eigenvalue weighted by Gasteiger charge is -2.30. The van der Waals surface area contributed by atoms with Crippen LogP contribution in [-0.2, 0) is 29.1 Å². The number of hydrogen-bond acceptors (Lipinski definition) is 7. The van der Waals surface area contributed by atoms with Gasteiger partial charge in [0, 0.05) is 0 Å². The molecule has 0 aliphatic carbocycles. The first-order valence-electron chi connectivity index (χ1n) is 7.04. The second-order valence-electron chi connectivity index (χ2n) is 6.61. The smallest absolute Gasteiger partial charge is 0.432 e. The third-order valence-electron chi connectivity index (χ3n) is 2.22. The molecule has 7 heteroatoms. The summed E-state index contributed by atoms with van der Waals surface area (Å²) in [6.45, 7) is 13.2. The summed E-state index contributed by atoms with van der Waals surface area (Å²) in [5.41, 5.74) is -0.394. The van der Waals surface area contributed by atoms with Crippen LogP contribution in [0.4, 0.5) is 4.79 Å². The van der Waals surface area contributed by atoms with Crippen LogP contribution in [0.3, 0.4) is 0 Å². The van der Waals surface area contributed by atoms with E-state index < -0.39 is 17.7 Å². The maximum Gasteiger partial charge on any atom is 0.549 e. The standard InChI is InChI=1S/C15H26O7/c1-8-18-13(17)21-20-12(16)11(2)9-19-22-15(6,7)10-14(3,4)5/h9H,8,10H2,1-7H3. The average Bonchev–Trinajstić information content (AvgIpc) is 2.32. The molecule has 0 aliphatic rings. The van der Waals surface area contributed by atoms with E-state index in [1.165, 1.54) is 6.92 Å². The topological polar surface area (TPSA) is 80.3 Å². The largest absolute Gasteiger partial charge is 0.549 e. The molecule has 0 unspecified atom stereocenters. The predicted molar refractivity (Wildman–Crippen MR) is 78.3 cm³/mol. The maximum atomic E-state index is 11.5. The van der Waals surface area contributed by atoms with Gasteiger partial charge in [0.1, 0.15) is 11.9 Å². The zero-order chi connectivity index (χ0) is 17.4. The van der Waals surface area contributed by atoms with Crippen molar-refractivity contribution in [1.82, 2.24) is 0 Å². The molecule has 0 amide bonds. The van der Waals surface area contributed by atoms with Crippen molar-refractivity contribution < 1.29 is 33.9 Å². The number of carbonyl (C=O) groups is 2. The van der Waals surface area contributed by atoms with Crippen molar-refractivity contribution in [2.24, 2.45) is 5.41 Å². The highest BCUT2D eigenvalue weighted by atomic mass is 17.2. The first-order chi connectivity index (χ1) is 9.97. The van der Waals surface area contributed by atoms with Crippen LogP contribution in [0.1, 0.15) is 54.9 Å². The van der Waals surface area contributed by atoms with Crippen molar-refractivity contribution in [2.45, 2.75) is 60.5 Å². The van der Waals surface area contributed by atoms with Gasteiger partial charge in [0.15, 0.2) is 0 Å². The number of ether oxygens (including phenoxy) is 1. The Labute approximate surface area is 131 Å². The molecule has 0 heterocycles. The van der Waals surface area contributed by atoms with Gasteiger partial charge in [-0.25, -0.2) is 14.6 Å². The Bertz CT molecular complexity index is 405. The third-order valence-corrected chi connectivity index (χ3v) is 2.22. The highest BCUT2D eigenvalue weighted by Gasteiger charge is 2.27. The second kappa shape index (κ2) is 8.63. The van der Waals surface area contributed by atoms with Crippen molar-refractivity contribution in [3.8, 4) is 0 Å². The van der Waals surface area contributed by atoms with Gasteiger partial charge in [-0.3, -0.25) is 0 Å². The normalized spacial score (nSPS) is 12.6. The molecular weight excluding hydrogens is 292 g/mol. The van der Waals surface area contributed by atoms with Gasteiger partial charge in [0.25, 0.3) is 0 Å². The minimum atomic E-state index is -1.09. The molecule has 0 radical (unpaired) electrons. The van der Waals surface area contributed by atoms with Gasteiger partial charge < -0.3 is 9.62 Å². The third kappa shape index (κ3) is 10.0. The molecule has 128 valence electrons. The fraction of sp³-hybridized carbons (Fsp3) is 0.733. The lowest BCUT2D eigenvalue weighted by Crippen LogP contribution is -2.29. The van der Waals surface area contributed by atoms with E-state index in [1.54, 1.807) is 6.92 Å². The van der Waals surface area contributed by atoms with E-state index in [-0.39, 0.29) is 17.6 Å². The molecule has 0 N–H and O–H groups in total. The minimum Gasteiger partial charge on any atom is -0.432 e. The summed E-state index contributed by atoms with van der Waals surface area (Å²) in [7, 11) is 0. The maximum absolute atomic E-state index is 11.5. The molecule has 0 saturated carbocycles. The van der Waals surface area contributed by atoms with E-state index in [4.69, 9.17) is 9.78 Å². The van der Waals surface area contributed by atoms with Gasteiger partial charge in [0.2, 0.25) is 0 Å². The van der Waals surface area contributed by atoms with Gasteiger partial charge in [-0.15, -0.1) is 0 Å². The minimum absolute atomic E-state index is 0.0656. The zero-order valence-electron chi connectivity index (χ0n) is 14.3. The van der Waals surface area contributed by atoms with E-state index >= 15 is 0 Å². The molecule has 0 aliphatic heterocycles. The molecule has 0 aromatic rings. The van der Waals surface area contributed by atoms with Crippen molar-refractivity contribution in [2.75, 3.05) is 6.61 Å². The molecule has 22 heavy (non-hydrogen) atoms. The van der Waals surface area contributed by atoms with Crippen LogP contribution < -0.4 is 0 Å². The van der Waals surface area contributed by atoms with Crippen LogP contribution in [0.25, 0.3) is 0 Å². The van der Waals surface area contributed by atoms with Crippen LogP contribution in [0.15, 0.2) is 11.8 Å². The molecule has 0 rings (SSSR count). The van der Waals surface area contributed by atoms with Crippen molar-refractivity contribution in [3.05, 3.63) is 11.8 Å². The molecule has 0 aromatic heterocycles. The van der Waals surface area contributed by atoms with E-state index in [0.717, 1.165) is 12.7 Å². The highest BCUT2D eigenvalue weighted by molar-refractivity contribution is 5.87. The van der Waals surface area contributed by atoms with Crippen LogP contribution in [0.2, 0.25) is 0 Å². The molecule has 0 atom stereocenters. The first kappa shape index (κ1) is 20.2. The lowest BCUT2D eigenvalue weighted by molar-refractivity contribution is -0.322. The fourth-order valence-electron chi connectivity index (χ4n) is 1.86. The summed E-state index contributed by atoms with van der Waals surface area (Å²) in [6.07, 6.45) is 0.747. The van der Waals surface area contributed by atoms with Gasteiger partial charge >= 0.3 is 12.1 Å². The molecule has 7 nitrogen and oxygen atoms in total. The average molecular weight is 318 g/mol. The van der Waals surface area contributed by atoms with E-state index in [9.17, 15) is 9.59 Å². The zero-order valence-corrected chi connectivity index (χ0v) is 14.3. The van der Waals surface area contributed by atoms with E-state index in [1.807, 2.05) is 13.8 Å². The van der Waals surface area contributed by atoms with Crippen molar-refractivity contribution in [1.29, 1.82) is 0 Å². The lowest BCUT2D eigenvalue weighted by atomic mass is 9.84. The molecule has 0 bridgehead atoms. The quantitative estimate of drug-likeness (QED) is 0.243. The Morgan fingerprint density at radius 2 is 1.64 bits per heavy atom. The van der Waals surface area contributed by atoms with E-state index in [0.29, 0.717) is 0 Å². The van der Waals surface area contributed by atoms with Crippen LogP contribution in [0.5, 0.6) is 0 Å². The summed E-state index contributed by atoms with van der Waals surface area (Å²) in [5, 5.41) is 0. The van der Waals surface area contributed by atoms with Gasteiger partial charge in [-0.1, -0.05) is 20.8 Å². The van der Waals surface area contributed by atoms with Gasteiger partial charge in [-0.2, -0.15) is 9.68 Å². The number of hydrogen-bond donors (Lipinski definition) is 0. The number of carbonyl (C=O) groups excluding carboxylic acids is 2. The summed E-state index contributed by atoms with van der Waals surface area (Å²) in [5.74, 6) is -0.884. The van der Waals surface area contributed by atoms with Crippen molar-refractivity contribution in [3.63, 3.8) is 0 Å². The molecular formula is C15H26O7. The Balaban J connectivity index is 4.27. The van der Waals surface area contributed by atoms with Gasteiger partial charge in [-0.05, 0) is 39.5 Å². The second-order valence-corrected chi connectivity index (χ2v) is 6.61. The van der Waals surface area contributed by atoms with Crippen LogP contribution in [0, 0.1) is 5.41 Å². The van der Waals surface area contributed by atoms with Gasteiger partial charge in [0.05, 0.1) is 12.2 Å². The molecule has 0 aromatic carbocycles. The monoisotopic (exact) mass is 318 g/mol. The Morgan fingerprint density at radius 3 is 2.14 bits per heavy atom. The Hall–Kier alpha value is -1.76. The van der Waals surface area contributed by atoms with Crippen LogP contribution in [-0.4, -0.2) is 24.3 Å². The molecule has 0 fully saturated rings. The first-order valence-corrected chi connectivity index (χ1v) is 7.04. The molecule has 0 spiro atoms. The predicted octanol–water partition coefficient (Wildman–Crippen LogP) is 3.68. The summed E-state index contributed by atoms with van der Waals surface area (Å²) < 4.78 is 4.43. The van der Waals surface area contributed by atoms with Crippen molar-refractivity contribution >= 4 is 12.1 Å². The Kier molecular flexibility index (Phi) is 7.94. The highest BCUT2D eigenvalue weighted by Crippen LogP contribution is 2.29. The SMILES string of the molecule is CCOC(=O)OOC(=O)C(C)=COOC(C)(C)CC(C)(C)C. The summed E-state index contributed by atoms with van der Waals surface area (Å²) in [4.78, 5) is 40.9. The molecule has 0 saturated heterocycles. The summed E-state index contributed by atoms with van der Waals surface area (Å²) >= 11 is 0. The number of rotatable bonds is 6. The summed E-state index contributed by atoms with van der Waals surface area (Å²) in [6, 6.07) is 0. The Morgan fingerprint density at radius 1 is 1.05 bits per heavy atom. The van der Waals surface area contributed by atoms with E-state index in [2.05, 4.69) is 35.3 Å².